The van der Waals surface area contributed by atoms with E-state index in [1.165, 1.54) is 7.11 Å². The van der Waals surface area contributed by atoms with Gasteiger partial charge in [0.15, 0.2) is 0 Å². The van der Waals surface area contributed by atoms with Crippen molar-refractivity contribution >= 4 is 5.97 Å². The monoisotopic (exact) mass is 209 g/mol. The van der Waals surface area contributed by atoms with Gasteiger partial charge in [0.2, 0.25) is 0 Å². The lowest BCUT2D eigenvalue weighted by Crippen LogP contribution is -2.38. The second kappa shape index (κ2) is 4.49. The molecular weight excluding hydrogens is 194 g/mol. The molecule has 0 aromatic carbocycles. The zero-order chi connectivity index (χ0) is 10.7. The van der Waals surface area contributed by atoms with Gasteiger partial charge in [-0.15, -0.1) is 0 Å². The Hall–Kier alpha value is -1.29. The first-order chi connectivity index (χ1) is 7.33. The molecule has 1 saturated heterocycles. The lowest BCUT2D eigenvalue weighted by molar-refractivity contribution is -0.147. The number of ether oxygens (including phenoxy) is 1. The molecule has 0 bridgehead atoms. The number of furan rings is 1. The van der Waals surface area contributed by atoms with E-state index in [0.29, 0.717) is 0 Å². The summed E-state index contributed by atoms with van der Waals surface area (Å²) in [6.07, 6.45) is 3.47. The largest absolute Gasteiger partial charge is 0.469 e. The molecule has 1 aromatic heterocycles. The van der Waals surface area contributed by atoms with E-state index in [1.54, 1.807) is 6.26 Å². The van der Waals surface area contributed by atoms with Gasteiger partial charge >= 0.3 is 5.97 Å². The van der Waals surface area contributed by atoms with Crippen LogP contribution in [0.2, 0.25) is 0 Å². The van der Waals surface area contributed by atoms with Gasteiger partial charge in [-0.25, -0.2) is 0 Å². The van der Waals surface area contributed by atoms with E-state index in [1.807, 2.05) is 12.1 Å². The highest BCUT2D eigenvalue weighted by Gasteiger charge is 2.34. The smallest absolute Gasteiger partial charge is 0.310 e. The molecule has 1 aliphatic rings. The van der Waals surface area contributed by atoms with E-state index in [9.17, 15) is 4.79 Å². The van der Waals surface area contributed by atoms with Crippen molar-refractivity contribution in [2.45, 2.75) is 18.9 Å². The second-order valence-electron chi connectivity index (χ2n) is 3.72. The molecule has 2 rings (SSSR count). The molecule has 1 N–H and O–H groups in total. The van der Waals surface area contributed by atoms with Crippen molar-refractivity contribution < 1.29 is 13.9 Å². The highest BCUT2D eigenvalue weighted by atomic mass is 16.5. The summed E-state index contributed by atoms with van der Waals surface area (Å²) < 4.78 is 10.1. The minimum Gasteiger partial charge on any atom is -0.469 e. The van der Waals surface area contributed by atoms with Gasteiger partial charge in [-0.1, -0.05) is 0 Å². The molecule has 1 aromatic rings. The van der Waals surface area contributed by atoms with Crippen LogP contribution >= 0.6 is 0 Å². The number of rotatable bonds is 2. The van der Waals surface area contributed by atoms with Gasteiger partial charge in [0.25, 0.3) is 0 Å². The number of carbonyl (C=O) groups is 1. The molecule has 0 aliphatic carbocycles. The van der Waals surface area contributed by atoms with Crippen LogP contribution in [-0.4, -0.2) is 19.6 Å². The first-order valence-electron chi connectivity index (χ1n) is 5.17. The molecule has 2 atom stereocenters. The topological polar surface area (TPSA) is 51.5 Å². The van der Waals surface area contributed by atoms with Crippen molar-refractivity contribution in [3.8, 4) is 0 Å². The van der Waals surface area contributed by atoms with Gasteiger partial charge in [0.05, 0.1) is 25.3 Å². The number of nitrogens with one attached hydrogen (secondary N) is 1. The lowest BCUT2D eigenvalue weighted by atomic mass is 9.89. The SMILES string of the molecule is COC(=O)C1CCCNC1c1ccco1. The maximum Gasteiger partial charge on any atom is 0.310 e. The highest BCUT2D eigenvalue weighted by molar-refractivity contribution is 5.73. The van der Waals surface area contributed by atoms with Crippen LogP contribution in [-0.2, 0) is 9.53 Å². The third-order valence-electron chi connectivity index (χ3n) is 2.81. The zero-order valence-electron chi connectivity index (χ0n) is 8.73. The second-order valence-corrected chi connectivity index (χ2v) is 3.72. The summed E-state index contributed by atoms with van der Waals surface area (Å²) in [5.41, 5.74) is 0. The van der Waals surface area contributed by atoms with E-state index < -0.39 is 0 Å². The maximum absolute atomic E-state index is 11.6. The molecule has 82 valence electrons. The molecule has 0 spiro atoms. The first-order valence-corrected chi connectivity index (χ1v) is 5.17. The average molecular weight is 209 g/mol. The van der Waals surface area contributed by atoms with Crippen LogP contribution < -0.4 is 5.32 Å². The van der Waals surface area contributed by atoms with E-state index in [0.717, 1.165) is 25.1 Å². The minimum absolute atomic E-state index is 0.0406. The highest BCUT2D eigenvalue weighted by Crippen LogP contribution is 2.30. The summed E-state index contributed by atoms with van der Waals surface area (Å²) in [6, 6.07) is 3.68. The van der Waals surface area contributed by atoms with Gasteiger partial charge in [-0.05, 0) is 31.5 Å². The summed E-state index contributed by atoms with van der Waals surface area (Å²) in [4.78, 5) is 11.6. The molecule has 0 saturated carbocycles. The van der Waals surface area contributed by atoms with Crippen molar-refractivity contribution in [3.63, 3.8) is 0 Å². The summed E-state index contributed by atoms with van der Waals surface area (Å²) in [5, 5.41) is 3.29. The molecule has 0 amide bonds. The molecule has 2 heterocycles. The summed E-state index contributed by atoms with van der Waals surface area (Å²) in [6.45, 7) is 0.916. The lowest BCUT2D eigenvalue weighted by Gasteiger charge is -2.29. The minimum atomic E-state index is -0.163. The predicted molar refractivity (Wildman–Crippen MR) is 54.2 cm³/mol. The standard InChI is InChI=1S/C11H15NO3/c1-14-11(13)8-4-2-6-12-10(8)9-5-3-7-15-9/h3,5,7-8,10,12H,2,4,6H2,1H3. The van der Waals surface area contributed by atoms with Gasteiger partial charge in [-0.2, -0.15) is 0 Å². The van der Waals surface area contributed by atoms with Crippen LogP contribution in [0.25, 0.3) is 0 Å². The van der Waals surface area contributed by atoms with Crippen LogP contribution in [0.4, 0.5) is 0 Å². The summed E-state index contributed by atoms with van der Waals surface area (Å²) >= 11 is 0. The van der Waals surface area contributed by atoms with Gasteiger partial charge in [0.1, 0.15) is 5.76 Å². The Kier molecular flexibility index (Phi) is 3.06. The average Bonchev–Trinajstić information content (AvgIpc) is 2.81. The van der Waals surface area contributed by atoms with E-state index in [2.05, 4.69) is 5.32 Å². The number of piperidine rings is 1. The zero-order valence-corrected chi connectivity index (χ0v) is 8.73. The van der Waals surface area contributed by atoms with Crippen LogP contribution in [0.3, 0.4) is 0 Å². The Balaban J connectivity index is 2.16. The van der Waals surface area contributed by atoms with E-state index in [-0.39, 0.29) is 17.9 Å². The fourth-order valence-electron chi connectivity index (χ4n) is 2.06. The van der Waals surface area contributed by atoms with Crippen LogP contribution in [0, 0.1) is 5.92 Å². The first kappa shape index (κ1) is 10.2. The fraction of sp³-hybridized carbons (Fsp3) is 0.545. The summed E-state index contributed by atoms with van der Waals surface area (Å²) in [7, 11) is 1.43. The molecule has 0 radical (unpaired) electrons. The molecule has 4 nitrogen and oxygen atoms in total. The molecule has 1 aliphatic heterocycles. The third-order valence-corrected chi connectivity index (χ3v) is 2.81. The molecule has 1 fully saturated rings. The third kappa shape index (κ3) is 2.04. The fourth-order valence-corrected chi connectivity index (χ4v) is 2.06. The number of hydrogen-bond donors (Lipinski definition) is 1. The Morgan fingerprint density at radius 3 is 3.20 bits per heavy atom. The Morgan fingerprint density at radius 1 is 1.67 bits per heavy atom. The van der Waals surface area contributed by atoms with Crippen molar-refractivity contribution in [3.05, 3.63) is 24.2 Å². The van der Waals surface area contributed by atoms with Crippen molar-refractivity contribution in [2.24, 2.45) is 5.92 Å². The molecule has 2 unspecified atom stereocenters. The molecule has 4 heteroatoms. The van der Waals surface area contributed by atoms with E-state index in [4.69, 9.17) is 9.15 Å². The van der Waals surface area contributed by atoms with E-state index >= 15 is 0 Å². The van der Waals surface area contributed by atoms with Crippen LogP contribution in [0.1, 0.15) is 24.6 Å². The van der Waals surface area contributed by atoms with Crippen LogP contribution in [0.5, 0.6) is 0 Å². The van der Waals surface area contributed by atoms with Crippen molar-refractivity contribution in [1.82, 2.24) is 5.32 Å². The maximum atomic E-state index is 11.6. The number of esters is 1. The molecular formula is C11H15NO3. The van der Waals surface area contributed by atoms with Gasteiger partial charge < -0.3 is 14.5 Å². The predicted octanol–water partition coefficient (Wildman–Crippen LogP) is 1.49. The normalized spacial score (nSPS) is 26.2. The quantitative estimate of drug-likeness (QED) is 0.750. The number of carbonyl (C=O) groups excluding carboxylic acids is 1. The Morgan fingerprint density at radius 2 is 2.53 bits per heavy atom. The van der Waals surface area contributed by atoms with Crippen molar-refractivity contribution in [1.29, 1.82) is 0 Å². The van der Waals surface area contributed by atoms with Gasteiger partial charge in [-0.3, -0.25) is 4.79 Å². The molecule has 15 heavy (non-hydrogen) atoms. The summed E-state index contributed by atoms with van der Waals surface area (Å²) in [5.74, 6) is 0.517. The Bertz CT molecular complexity index is 321. The Labute approximate surface area is 88.6 Å². The van der Waals surface area contributed by atoms with Crippen LogP contribution in [0.15, 0.2) is 22.8 Å². The van der Waals surface area contributed by atoms with Gasteiger partial charge in [0, 0.05) is 0 Å². The number of hydrogen-bond acceptors (Lipinski definition) is 4. The number of methoxy groups -OCH3 is 1. The van der Waals surface area contributed by atoms with Crippen molar-refractivity contribution in [2.75, 3.05) is 13.7 Å².